The molecule has 0 radical (unpaired) electrons. The molecule has 0 atom stereocenters. The van der Waals surface area contributed by atoms with Crippen LogP contribution in [0.5, 0.6) is 0 Å². The molecule has 0 aliphatic carbocycles. The van der Waals surface area contributed by atoms with Gasteiger partial charge in [0.25, 0.3) is 0 Å². The smallest absolute Gasteiger partial charge is 0.807 e. The third kappa shape index (κ3) is 6.06. The minimum Gasteiger partial charge on any atom is -0.807 e. The van der Waals surface area contributed by atoms with Crippen molar-refractivity contribution in [1.29, 1.82) is 0 Å². The largest absolute Gasteiger partial charge is 1.00 e. The lowest BCUT2D eigenvalue weighted by atomic mass is 10.2. The number of benzene rings is 1. The fraction of sp³-hybridized carbons (Fsp3) is 0.600. The molecule has 116 valence electrons. The molecule has 0 bridgehead atoms. The van der Waals surface area contributed by atoms with E-state index in [1.807, 2.05) is 0 Å². The molecule has 1 aromatic carbocycles. The molecule has 5 heteroatoms. The molecule has 0 aromatic heterocycles. The molecular formula is C15H28O3P2. The Bertz CT molecular complexity index is 425. The average molecular weight is 318 g/mol. The van der Waals surface area contributed by atoms with Crippen molar-refractivity contribution in [2.24, 2.45) is 0 Å². The fourth-order valence-electron chi connectivity index (χ4n) is 2.21. The molecule has 0 heterocycles. The summed E-state index contributed by atoms with van der Waals surface area (Å²) in [5.74, 6) is 0. The van der Waals surface area contributed by atoms with E-state index in [1.54, 1.807) is 19.1 Å². The van der Waals surface area contributed by atoms with Gasteiger partial charge in [-0.1, -0.05) is 24.3 Å². The SMILES string of the molecule is CC[P+](CC)(CC)CC.Cc1ccccc1P(=O)([O-])[O-].[H+]. The average Bonchev–Trinajstić information content (AvgIpc) is 2.42. The molecule has 0 saturated heterocycles. The monoisotopic (exact) mass is 318 g/mol. The maximum atomic E-state index is 10.5. The van der Waals surface area contributed by atoms with Crippen LogP contribution in [-0.2, 0) is 4.57 Å². The topological polar surface area (TPSA) is 63.2 Å². The molecule has 1 rings (SSSR count). The summed E-state index contributed by atoms with van der Waals surface area (Å²) in [7, 11) is -4.98. The van der Waals surface area contributed by atoms with Crippen molar-refractivity contribution in [3.63, 3.8) is 0 Å². The van der Waals surface area contributed by atoms with E-state index < -0.39 is 14.9 Å². The van der Waals surface area contributed by atoms with Gasteiger partial charge in [-0.3, -0.25) is 0 Å². The van der Waals surface area contributed by atoms with Crippen LogP contribution < -0.4 is 15.1 Å². The summed E-state index contributed by atoms with van der Waals surface area (Å²) in [5.41, 5.74) is 0.501. The second-order valence-electron chi connectivity index (χ2n) is 4.89. The molecule has 0 N–H and O–H groups in total. The van der Waals surface area contributed by atoms with E-state index >= 15 is 0 Å². The van der Waals surface area contributed by atoms with E-state index in [4.69, 9.17) is 0 Å². The number of aryl methyl sites for hydroxylation is 1. The van der Waals surface area contributed by atoms with Crippen LogP contribution in [0.2, 0.25) is 0 Å². The zero-order valence-corrected chi connectivity index (χ0v) is 15.0. The minimum absolute atomic E-state index is 0. The molecule has 20 heavy (non-hydrogen) atoms. The van der Waals surface area contributed by atoms with Gasteiger partial charge in [-0.25, -0.2) is 0 Å². The Kier molecular flexibility index (Phi) is 8.86. The highest BCUT2D eigenvalue weighted by Crippen LogP contribution is 2.57. The molecule has 0 spiro atoms. The number of rotatable bonds is 5. The highest BCUT2D eigenvalue weighted by molar-refractivity contribution is 7.75. The zero-order chi connectivity index (χ0) is 15.8. The van der Waals surface area contributed by atoms with Gasteiger partial charge in [0.1, 0.15) is 0 Å². The first-order valence-corrected chi connectivity index (χ1v) is 11.3. The standard InChI is InChI=1S/C8H20P.C7H9O3P/c1-5-9(6-2,7-3)8-4;1-6-4-2-3-5-7(6)11(8,9)10/h5-8H2,1-4H3;2-5H,1H3,(H2,8,9,10)/q+1;/p-1. The molecule has 0 amide bonds. The first-order valence-electron chi connectivity index (χ1n) is 7.19. The van der Waals surface area contributed by atoms with Crippen molar-refractivity contribution < 1.29 is 15.8 Å². The molecular weight excluding hydrogens is 290 g/mol. The number of hydrogen-bond acceptors (Lipinski definition) is 3. The predicted octanol–water partition coefficient (Wildman–Crippen LogP) is 2.73. The van der Waals surface area contributed by atoms with Gasteiger partial charge in [-0.2, -0.15) is 0 Å². The van der Waals surface area contributed by atoms with Crippen LogP contribution in [0.15, 0.2) is 24.3 Å². The lowest BCUT2D eigenvalue weighted by molar-refractivity contribution is -0.307. The van der Waals surface area contributed by atoms with Crippen LogP contribution >= 0.6 is 14.9 Å². The second kappa shape index (κ2) is 8.95. The van der Waals surface area contributed by atoms with E-state index in [-0.39, 0.29) is 6.73 Å². The summed E-state index contributed by atoms with van der Waals surface area (Å²) in [4.78, 5) is 21.1. The molecule has 1 aromatic rings. The zero-order valence-electron chi connectivity index (χ0n) is 14.3. The van der Waals surface area contributed by atoms with Crippen molar-refractivity contribution in [2.75, 3.05) is 24.6 Å². The van der Waals surface area contributed by atoms with Crippen LogP contribution in [0.4, 0.5) is 0 Å². The van der Waals surface area contributed by atoms with Gasteiger partial charge in [-0.05, 0) is 53.1 Å². The van der Waals surface area contributed by atoms with E-state index in [1.165, 1.54) is 36.8 Å². The quantitative estimate of drug-likeness (QED) is 0.784. The molecule has 3 nitrogen and oxygen atoms in total. The lowest BCUT2D eigenvalue weighted by Crippen LogP contribution is -2.26. The van der Waals surface area contributed by atoms with Gasteiger partial charge in [0.2, 0.25) is 0 Å². The van der Waals surface area contributed by atoms with E-state index in [2.05, 4.69) is 27.7 Å². The molecule has 0 saturated carbocycles. The summed E-state index contributed by atoms with van der Waals surface area (Å²) < 4.78 is 10.5. The highest BCUT2D eigenvalue weighted by Gasteiger charge is 2.27. The summed E-state index contributed by atoms with van der Waals surface area (Å²) in [6.45, 7) is 11.0. The second-order valence-corrected chi connectivity index (χ2v) is 11.6. The predicted molar refractivity (Wildman–Crippen MR) is 88.6 cm³/mol. The van der Waals surface area contributed by atoms with Crippen molar-refractivity contribution in [1.82, 2.24) is 0 Å². The van der Waals surface area contributed by atoms with Crippen molar-refractivity contribution in [2.45, 2.75) is 34.6 Å². The fourth-order valence-corrected chi connectivity index (χ4v) is 5.67. The lowest BCUT2D eigenvalue weighted by Gasteiger charge is -2.31. The first-order chi connectivity index (χ1) is 9.26. The summed E-state index contributed by atoms with van der Waals surface area (Å²) in [5, 5.41) is -0.111. The van der Waals surface area contributed by atoms with E-state index in [0.717, 1.165) is 0 Å². The van der Waals surface area contributed by atoms with Gasteiger partial charge < -0.3 is 14.4 Å². The van der Waals surface area contributed by atoms with Crippen LogP contribution in [0.1, 0.15) is 34.7 Å². The molecule has 0 fully saturated rings. The van der Waals surface area contributed by atoms with Gasteiger partial charge in [0, 0.05) is 7.26 Å². The normalized spacial score (nSPS) is 11.8. The van der Waals surface area contributed by atoms with Crippen molar-refractivity contribution in [3.05, 3.63) is 29.8 Å². The Morgan fingerprint density at radius 2 is 1.40 bits per heavy atom. The molecule has 0 aliphatic heterocycles. The van der Waals surface area contributed by atoms with Crippen LogP contribution in [0.25, 0.3) is 0 Å². The van der Waals surface area contributed by atoms with E-state index in [0.29, 0.717) is 5.56 Å². The van der Waals surface area contributed by atoms with Gasteiger partial charge in [0.05, 0.1) is 24.6 Å². The Hall–Kier alpha value is -0.200. The summed E-state index contributed by atoms with van der Waals surface area (Å²) in [6, 6.07) is 6.13. The summed E-state index contributed by atoms with van der Waals surface area (Å²) >= 11 is 0. The Balaban J connectivity index is 0. The summed E-state index contributed by atoms with van der Waals surface area (Å²) in [6.07, 6.45) is 5.82. The maximum Gasteiger partial charge on any atom is 1.00 e. The van der Waals surface area contributed by atoms with Gasteiger partial charge in [-0.15, -0.1) is 0 Å². The minimum atomic E-state index is -4.56. The van der Waals surface area contributed by atoms with Gasteiger partial charge in [0.15, 0.2) is 0 Å². The number of hydrogen-bond donors (Lipinski definition) is 0. The van der Waals surface area contributed by atoms with Crippen molar-refractivity contribution >= 4 is 20.2 Å². The molecule has 0 unspecified atom stereocenters. The third-order valence-corrected chi connectivity index (χ3v) is 10.6. The van der Waals surface area contributed by atoms with Gasteiger partial charge >= 0.3 is 1.43 Å². The van der Waals surface area contributed by atoms with Crippen molar-refractivity contribution in [3.8, 4) is 0 Å². The Morgan fingerprint density at radius 1 is 1.00 bits per heavy atom. The van der Waals surface area contributed by atoms with Crippen LogP contribution in [0.3, 0.4) is 0 Å². The van der Waals surface area contributed by atoms with Crippen LogP contribution in [0, 0.1) is 6.92 Å². The third-order valence-electron chi connectivity index (χ3n) is 4.09. The maximum absolute atomic E-state index is 10.5. The van der Waals surface area contributed by atoms with Crippen LogP contribution in [-0.4, -0.2) is 24.6 Å². The first kappa shape index (κ1) is 19.8. The van der Waals surface area contributed by atoms with E-state index in [9.17, 15) is 14.4 Å². The molecule has 0 aliphatic rings. The Morgan fingerprint density at radius 3 is 1.60 bits per heavy atom. The highest BCUT2D eigenvalue weighted by atomic mass is 31.2. The Labute approximate surface area is 125 Å².